The highest BCUT2D eigenvalue weighted by Crippen LogP contribution is 2.29. The minimum atomic E-state index is -3.46. The molecule has 1 aromatic heterocycles. The highest BCUT2D eigenvalue weighted by molar-refractivity contribution is 7.88. The molecule has 2 aromatic rings. The molecule has 1 aromatic carbocycles. The molecule has 1 aliphatic heterocycles. The largest absolute Gasteiger partial charge is 0.488 e. The van der Waals surface area contributed by atoms with Gasteiger partial charge in [0.1, 0.15) is 23.2 Å². The molecule has 3 N–H and O–H groups in total. The lowest BCUT2D eigenvalue weighted by molar-refractivity contribution is -0.134. The van der Waals surface area contributed by atoms with E-state index in [1.807, 2.05) is 6.92 Å². The van der Waals surface area contributed by atoms with Gasteiger partial charge in [-0.2, -0.15) is 0 Å². The number of carbonyl (C=O) groups excluding carboxylic acids is 2. The van der Waals surface area contributed by atoms with E-state index in [9.17, 15) is 23.1 Å². The van der Waals surface area contributed by atoms with Gasteiger partial charge in [-0.1, -0.05) is 12.1 Å². The van der Waals surface area contributed by atoms with Crippen LogP contribution in [0.15, 0.2) is 22.7 Å². The fourth-order valence-corrected chi connectivity index (χ4v) is 4.47. The van der Waals surface area contributed by atoms with Gasteiger partial charge in [0.15, 0.2) is 5.76 Å². The number of anilines is 2. The number of carbonyl (C=O) groups is 2. The van der Waals surface area contributed by atoms with Crippen LogP contribution >= 0.6 is 0 Å². The smallest absolute Gasteiger partial charge is 0.323 e. The van der Waals surface area contributed by atoms with Gasteiger partial charge in [0.05, 0.1) is 31.9 Å². The van der Waals surface area contributed by atoms with E-state index < -0.39 is 28.2 Å². The lowest BCUT2D eigenvalue weighted by Crippen LogP contribution is -2.48. The van der Waals surface area contributed by atoms with Gasteiger partial charge in [0.25, 0.3) is 0 Å². The van der Waals surface area contributed by atoms with Gasteiger partial charge in [-0.05, 0) is 39.0 Å². The third-order valence-corrected chi connectivity index (χ3v) is 7.73. The van der Waals surface area contributed by atoms with Crippen LogP contribution in [-0.2, 0) is 21.2 Å². The summed E-state index contributed by atoms with van der Waals surface area (Å²) in [5.74, 6) is 0.431. The summed E-state index contributed by atoms with van der Waals surface area (Å²) in [6, 6.07) is 3.99. The first-order chi connectivity index (χ1) is 17.3. The van der Waals surface area contributed by atoms with Crippen molar-refractivity contribution >= 4 is 33.3 Å². The fraction of sp³-hybridized carbons (Fsp3) is 0.542. The summed E-state index contributed by atoms with van der Waals surface area (Å²) in [6.07, 6.45) is 0.525. The number of aliphatic hydroxyl groups excluding tert-OH is 1. The predicted octanol–water partition coefficient (Wildman–Crippen LogP) is 1.98. The SMILES string of the molecule is Cc1noc(C)c1NC(=O)Nc1ccc2c(c1)CC(=O)N([C@@H](C)CO)C[C@@H](C)[C@H](CN(C)S(C)(=O)=O)O2. The third kappa shape index (κ3) is 6.99. The molecule has 3 atom stereocenters. The molecule has 3 amide bonds. The van der Waals surface area contributed by atoms with Crippen molar-refractivity contribution < 1.29 is 32.4 Å². The van der Waals surface area contributed by atoms with Crippen LogP contribution in [0.4, 0.5) is 16.2 Å². The zero-order valence-electron chi connectivity index (χ0n) is 21.9. The Kier molecular flexibility index (Phi) is 8.82. The summed E-state index contributed by atoms with van der Waals surface area (Å²) in [6.45, 7) is 7.16. The minimum absolute atomic E-state index is 0.0258. The van der Waals surface area contributed by atoms with Crippen molar-refractivity contribution in [3.05, 3.63) is 35.2 Å². The van der Waals surface area contributed by atoms with Crippen molar-refractivity contribution in [1.29, 1.82) is 0 Å². The van der Waals surface area contributed by atoms with Gasteiger partial charge in [-0.15, -0.1) is 0 Å². The highest BCUT2D eigenvalue weighted by Gasteiger charge is 2.32. The van der Waals surface area contributed by atoms with Crippen LogP contribution in [0, 0.1) is 19.8 Å². The van der Waals surface area contributed by atoms with Crippen LogP contribution in [0.5, 0.6) is 5.75 Å². The second-order valence-electron chi connectivity index (χ2n) is 9.53. The van der Waals surface area contributed by atoms with Crippen molar-refractivity contribution in [3.63, 3.8) is 0 Å². The number of amides is 3. The molecule has 0 saturated carbocycles. The van der Waals surface area contributed by atoms with Crippen molar-refractivity contribution in [3.8, 4) is 5.75 Å². The standard InChI is InChI=1S/C24H35N5O7S/c1-14-11-29(15(2)13-30)22(31)10-18-9-19(25-24(32)26-23-16(3)27-36-17(23)4)7-8-20(18)35-21(14)12-28(5)37(6,33)34/h7-9,14-15,21,30H,10-13H2,1-6H3,(H2,25,26,32)/t14-,15+,21+/m1/s1. The Labute approximate surface area is 217 Å². The van der Waals surface area contributed by atoms with Gasteiger partial charge >= 0.3 is 6.03 Å². The molecule has 13 heteroatoms. The molecule has 0 unspecified atom stereocenters. The number of hydrogen-bond donors (Lipinski definition) is 3. The van der Waals surface area contributed by atoms with Crippen molar-refractivity contribution in [2.75, 3.05) is 43.6 Å². The van der Waals surface area contributed by atoms with E-state index in [4.69, 9.17) is 9.26 Å². The van der Waals surface area contributed by atoms with E-state index in [1.54, 1.807) is 43.9 Å². The van der Waals surface area contributed by atoms with Crippen LogP contribution in [0.2, 0.25) is 0 Å². The topological polar surface area (TPSA) is 154 Å². The van der Waals surface area contributed by atoms with Gasteiger partial charge in [0.2, 0.25) is 15.9 Å². The predicted molar refractivity (Wildman–Crippen MR) is 138 cm³/mol. The van der Waals surface area contributed by atoms with E-state index in [0.29, 0.717) is 34.1 Å². The van der Waals surface area contributed by atoms with E-state index in [2.05, 4.69) is 15.8 Å². The molecule has 0 fully saturated rings. The Hall–Kier alpha value is -3.16. The zero-order chi connectivity index (χ0) is 27.5. The first kappa shape index (κ1) is 28.4. The average molecular weight is 538 g/mol. The second-order valence-corrected chi connectivity index (χ2v) is 11.6. The number of fused-ring (bicyclic) bond motifs is 1. The van der Waals surface area contributed by atoms with E-state index in [-0.39, 0.29) is 37.9 Å². The van der Waals surface area contributed by atoms with E-state index >= 15 is 0 Å². The maximum absolute atomic E-state index is 13.3. The van der Waals surface area contributed by atoms with Crippen LogP contribution in [-0.4, -0.2) is 85.0 Å². The molecule has 3 rings (SSSR count). The van der Waals surface area contributed by atoms with Crippen LogP contribution in [0.3, 0.4) is 0 Å². The number of aliphatic hydroxyl groups is 1. The van der Waals surface area contributed by atoms with E-state index in [0.717, 1.165) is 6.26 Å². The zero-order valence-corrected chi connectivity index (χ0v) is 22.8. The van der Waals surface area contributed by atoms with Crippen LogP contribution in [0.1, 0.15) is 30.9 Å². The average Bonchev–Trinajstić information content (AvgIpc) is 3.15. The quantitative estimate of drug-likeness (QED) is 0.484. The summed E-state index contributed by atoms with van der Waals surface area (Å²) < 4.78 is 36.7. The molecular weight excluding hydrogens is 502 g/mol. The molecule has 1 aliphatic rings. The van der Waals surface area contributed by atoms with Crippen LogP contribution in [0.25, 0.3) is 0 Å². The summed E-state index contributed by atoms with van der Waals surface area (Å²) in [4.78, 5) is 27.5. The molecule has 0 saturated heterocycles. The Bertz CT molecular complexity index is 1230. The van der Waals surface area contributed by atoms with Crippen molar-refractivity contribution in [1.82, 2.24) is 14.4 Å². The first-order valence-electron chi connectivity index (χ1n) is 11.9. The maximum atomic E-state index is 13.3. The molecule has 0 radical (unpaired) electrons. The number of benzene rings is 1. The van der Waals surface area contributed by atoms with Gasteiger partial charge in [0, 0.05) is 30.8 Å². The lowest BCUT2D eigenvalue weighted by Gasteiger charge is -2.33. The van der Waals surface area contributed by atoms with E-state index in [1.165, 1.54) is 11.4 Å². The van der Waals surface area contributed by atoms with Crippen molar-refractivity contribution in [2.24, 2.45) is 5.92 Å². The normalized spacial score (nSPS) is 19.4. The Balaban J connectivity index is 1.91. The number of rotatable bonds is 7. The third-order valence-electron chi connectivity index (χ3n) is 6.45. The summed E-state index contributed by atoms with van der Waals surface area (Å²) in [5, 5.41) is 19.0. The first-order valence-corrected chi connectivity index (χ1v) is 13.8. The van der Waals surface area contributed by atoms with Crippen molar-refractivity contribution in [2.45, 2.75) is 46.3 Å². The Morgan fingerprint density at radius 2 is 2.03 bits per heavy atom. The minimum Gasteiger partial charge on any atom is -0.488 e. The van der Waals surface area contributed by atoms with Crippen LogP contribution < -0.4 is 15.4 Å². The maximum Gasteiger partial charge on any atom is 0.323 e. The van der Waals surface area contributed by atoms with Gasteiger partial charge in [-0.25, -0.2) is 17.5 Å². The molecule has 2 heterocycles. The number of likely N-dealkylation sites (N-methyl/N-ethyl adjacent to an activating group) is 1. The number of nitrogens with zero attached hydrogens (tertiary/aromatic N) is 3. The van der Waals surface area contributed by atoms with Gasteiger partial charge < -0.3 is 29.9 Å². The molecule has 0 aliphatic carbocycles. The molecular formula is C24H35N5O7S. The van der Waals surface area contributed by atoms with Gasteiger partial charge in [-0.3, -0.25) is 4.79 Å². The Morgan fingerprint density at radius 3 is 2.62 bits per heavy atom. The number of sulfonamides is 1. The number of aromatic nitrogens is 1. The number of nitrogens with one attached hydrogen (secondary N) is 2. The lowest BCUT2D eigenvalue weighted by atomic mass is 10.0. The number of ether oxygens (including phenoxy) is 1. The molecule has 204 valence electrons. The molecule has 0 bridgehead atoms. The Morgan fingerprint density at radius 1 is 1.32 bits per heavy atom. The number of aryl methyl sites for hydroxylation is 2. The number of hydrogen-bond acceptors (Lipinski definition) is 8. The monoisotopic (exact) mass is 537 g/mol. The highest BCUT2D eigenvalue weighted by atomic mass is 32.2. The molecule has 37 heavy (non-hydrogen) atoms. The number of urea groups is 1. The second kappa shape index (κ2) is 11.5. The molecule has 0 spiro atoms. The summed E-state index contributed by atoms with van der Waals surface area (Å²) >= 11 is 0. The molecule has 12 nitrogen and oxygen atoms in total. The fourth-order valence-electron chi connectivity index (χ4n) is 4.05. The summed E-state index contributed by atoms with van der Waals surface area (Å²) in [5.41, 5.74) is 1.97. The summed E-state index contributed by atoms with van der Waals surface area (Å²) in [7, 11) is -1.98.